The maximum Gasteiger partial charge on any atom is 0.256 e. The van der Waals surface area contributed by atoms with Crippen molar-refractivity contribution >= 4 is 61.7 Å². The highest BCUT2D eigenvalue weighted by molar-refractivity contribution is 14.1. The molecule has 5 heteroatoms. The van der Waals surface area contributed by atoms with Crippen LogP contribution in [0.4, 0.5) is 5.69 Å². The van der Waals surface area contributed by atoms with Crippen LogP contribution in [0.3, 0.4) is 0 Å². The van der Waals surface area contributed by atoms with Gasteiger partial charge in [0.25, 0.3) is 5.91 Å². The Labute approximate surface area is 132 Å². The standard InChI is InChI=1S/C13H8BrClINO/c14-8-5-6-11(16)9(7-8)13(18)17-12-4-2-1-3-10(12)15/h1-7H,(H,17,18). The van der Waals surface area contributed by atoms with E-state index in [4.69, 9.17) is 11.6 Å². The largest absolute Gasteiger partial charge is 0.321 e. The Balaban J connectivity index is 2.28. The number of benzene rings is 2. The molecule has 1 amide bonds. The number of halogens is 3. The molecular weight excluding hydrogens is 428 g/mol. The number of anilines is 1. The Kier molecular flexibility index (Phi) is 4.64. The maximum absolute atomic E-state index is 12.1. The minimum atomic E-state index is -0.172. The number of para-hydroxylation sites is 1. The first-order valence-electron chi connectivity index (χ1n) is 5.09. The van der Waals surface area contributed by atoms with Crippen LogP contribution >= 0.6 is 50.1 Å². The summed E-state index contributed by atoms with van der Waals surface area (Å²) in [5.74, 6) is -0.172. The molecule has 0 spiro atoms. The van der Waals surface area contributed by atoms with Gasteiger partial charge in [-0.15, -0.1) is 0 Å². The molecule has 0 heterocycles. The molecule has 1 N–H and O–H groups in total. The van der Waals surface area contributed by atoms with E-state index in [2.05, 4.69) is 43.8 Å². The number of rotatable bonds is 2. The zero-order valence-corrected chi connectivity index (χ0v) is 13.6. The highest BCUT2D eigenvalue weighted by atomic mass is 127. The van der Waals surface area contributed by atoms with Gasteiger partial charge in [-0.3, -0.25) is 4.79 Å². The second-order valence-corrected chi connectivity index (χ2v) is 6.04. The minimum Gasteiger partial charge on any atom is -0.321 e. The predicted molar refractivity (Wildman–Crippen MR) is 86.3 cm³/mol. The van der Waals surface area contributed by atoms with E-state index in [0.29, 0.717) is 16.3 Å². The Morgan fingerprint density at radius 2 is 1.94 bits per heavy atom. The molecule has 0 aliphatic heterocycles. The summed E-state index contributed by atoms with van der Waals surface area (Å²) in [6, 6.07) is 12.7. The Morgan fingerprint density at radius 3 is 2.67 bits per heavy atom. The first-order valence-corrected chi connectivity index (χ1v) is 7.34. The van der Waals surface area contributed by atoms with Crippen LogP contribution in [0.2, 0.25) is 5.02 Å². The molecule has 0 aromatic heterocycles. The number of hydrogen-bond acceptors (Lipinski definition) is 1. The van der Waals surface area contributed by atoms with E-state index >= 15 is 0 Å². The molecule has 0 bridgehead atoms. The number of amides is 1. The molecule has 0 fully saturated rings. The van der Waals surface area contributed by atoms with Crippen molar-refractivity contribution in [3.8, 4) is 0 Å². The van der Waals surface area contributed by atoms with Gasteiger partial charge in [-0.1, -0.05) is 39.7 Å². The summed E-state index contributed by atoms with van der Waals surface area (Å²) in [5.41, 5.74) is 1.23. The lowest BCUT2D eigenvalue weighted by Gasteiger charge is -2.08. The molecule has 92 valence electrons. The van der Waals surface area contributed by atoms with Crippen LogP contribution in [-0.4, -0.2) is 5.91 Å². The lowest BCUT2D eigenvalue weighted by molar-refractivity contribution is 0.102. The van der Waals surface area contributed by atoms with E-state index < -0.39 is 0 Å². The molecular formula is C13H8BrClINO. The van der Waals surface area contributed by atoms with Gasteiger partial charge in [0.15, 0.2) is 0 Å². The van der Waals surface area contributed by atoms with E-state index in [1.54, 1.807) is 18.2 Å². The number of carbonyl (C=O) groups excluding carboxylic acids is 1. The van der Waals surface area contributed by atoms with Crippen LogP contribution in [-0.2, 0) is 0 Å². The van der Waals surface area contributed by atoms with Crippen LogP contribution < -0.4 is 5.32 Å². The summed E-state index contributed by atoms with van der Waals surface area (Å²) in [6.45, 7) is 0. The van der Waals surface area contributed by atoms with Crippen molar-refractivity contribution in [2.24, 2.45) is 0 Å². The number of carbonyl (C=O) groups is 1. The molecule has 18 heavy (non-hydrogen) atoms. The molecule has 0 aliphatic rings. The zero-order valence-electron chi connectivity index (χ0n) is 9.08. The van der Waals surface area contributed by atoms with E-state index in [-0.39, 0.29) is 5.91 Å². The average molecular weight is 436 g/mol. The number of hydrogen-bond donors (Lipinski definition) is 1. The minimum absolute atomic E-state index is 0.172. The summed E-state index contributed by atoms with van der Waals surface area (Å²) >= 11 is 11.5. The highest BCUT2D eigenvalue weighted by Gasteiger charge is 2.11. The average Bonchev–Trinajstić information content (AvgIpc) is 2.35. The second-order valence-electron chi connectivity index (χ2n) is 3.56. The van der Waals surface area contributed by atoms with Gasteiger partial charge in [-0.25, -0.2) is 0 Å². The molecule has 0 saturated carbocycles. The van der Waals surface area contributed by atoms with Crippen molar-refractivity contribution in [2.75, 3.05) is 5.32 Å². The van der Waals surface area contributed by atoms with Crippen LogP contribution in [0.1, 0.15) is 10.4 Å². The predicted octanol–water partition coefficient (Wildman–Crippen LogP) is 4.96. The molecule has 0 unspecified atom stereocenters. The van der Waals surface area contributed by atoms with Gasteiger partial charge in [-0.05, 0) is 52.9 Å². The maximum atomic E-state index is 12.1. The SMILES string of the molecule is O=C(Nc1ccccc1Cl)c1cc(Br)ccc1I. The highest BCUT2D eigenvalue weighted by Crippen LogP contribution is 2.23. The van der Waals surface area contributed by atoms with Crippen LogP contribution in [0.25, 0.3) is 0 Å². The van der Waals surface area contributed by atoms with Gasteiger partial charge >= 0.3 is 0 Å². The Bertz CT molecular complexity index is 603. The normalized spacial score (nSPS) is 10.2. The second kappa shape index (κ2) is 6.04. The van der Waals surface area contributed by atoms with Gasteiger partial charge in [-0.2, -0.15) is 0 Å². The third-order valence-electron chi connectivity index (χ3n) is 2.30. The van der Waals surface area contributed by atoms with Gasteiger partial charge in [0, 0.05) is 8.04 Å². The summed E-state index contributed by atoms with van der Waals surface area (Å²) in [7, 11) is 0. The summed E-state index contributed by atoms with van der Waals surface area (Å²) < 4.78 is 1.76. The molecule has 0 aliphatic carbocycles. The third-order valence-corrected chi connectivity index (χ3v) is 4.06. The third kappa shape index (κ3) is 3.24. The van der Waals surface area contributed by atoms with Crippen LogP contribution in [0.15, 0.2) is 46.9 Å². The molecule has 2 aromatic rings. The van der Waals surface area contributed by atoms with Gasteiger partial charge in [0.2, 0.25) is 0 Å². The van der Waals surface area contributed by atoms with E-state index in [0.717, 1.165) is 8.04 Å². The molecule has 2 nitrogen and oxygen atoms in total. The summed E-state index contributed by atoms with van der Waals surface area (Å²) in [5, 5.41) is 3.32. The molecule has 2 rings (SSSR count). The van der Waals surface area contributed by atoms with Crippen molar-refractivity contribution in [1.29, 1.82) is 0 Å². The van der Waals surface area contributed by atoms with Crippen LogP contribution in [0, 0.1) is 3.57 Å². The topological polar surface area (TPSA) is 29.1 Å². The lowest BCUT2D eigenvalue weighted by Crippen LogP contribution is -2.13. The van der Waals surface area contributed by atoms with Crippen molar-refractivity contribution < 1.29 is 4.79 Å². The smallest absolute Gasteiger partial charge is 0.256 e. The van der Waals surface area contributed by atoms with Crippen molar-refractivity contribution in [1.82, 2.24) is 0 Å². The fourth-order valence-corrected chi connectivity index (χ4v) is 2.55. The zero-order chi connectivity index (χ0) is 13.1. The van der Waals surface area contributed by atoms with E-state index in [1.165, 1.54) is 0 Å². The van der Waals surface area contributed by atoms with E-state index in [1.807, 2.05) is 24.3 Å². The van der Waals surface area contributed by atoms with Crippen LogP contribution in [0.5, 0.6) is 0 Å². The molecule has 0 radical (unpaired) electrons. The van der Waals surface area contributed by atoms with Gasteiger partial charge in [0.1, 0.15) is 0 Å². The lowest BCUT2D eigenvalue weighted by atomic mass is 10.2. The quantitative estimate of drug-likeness (QED) is 0.663. The fraction of sp³-hybridized carbons (Fsp3) is 0. The molecule has 0 atom stereocenters. The van der Waals surface area contributed by atoms with E-state index in [9.17, 15) is 4.79 Å². The Morgan fingerprint density at radius 1 is 1.22 bits per heavy atom. The van der Waals surface area contributed by atoms with Gasteiger partial charge in [0.05, 0.1) is 16.3 Å². The van der Waals surface area contributed by atoms with Crippen molar-refractivity contribution in [3.63, 3.8) is 0 Å². The van der Waals surface area contributed by atoms with Crippen molar-refractivity contribution in [3.05, 3.63) is 61.1 Å². The monoisotopic (exact) mass is 435 g/mol. The summed E-state index contributed by atoms with van der Waals surface area (Å²) in [4.78, 5) is 12.1. The van der Waals surface area contributed by atoms with Gasteiger partial charge < -0.3 is 5.32 Å². The first-order chi connectivity index (χ1) is 8.58. The molecule has 0 saturated heterocycles. The Hall–Kier alpha value is -0.590. The molecule has 2 aromatic carbocycles. The first kappa shape index (κ1) is 13.8. The fourth-order valence-electron chi connectivity index (χ4n) is 1.42. The number of nitrogens with one attached hydrogen (secondary N) is 1. The van der Waals surface area contributed by atoms with Crippen molar-refractivity contribution in [2.45, 2.75) is 0 Å². The summed E-state index contributed by atoms with van der Waals surface area (Å²) in [6.07, 6.45) is 0.